The first kappa shape index (κ1) is 8.61. The molecule has 3 nitrogen and oxygen atoms in total. The van der Waals surface area contributed by atoms with Crippen molar-refractivity contribution in [3.05, 3.63) is 41.5 Å². The molecule has 1 aliphatic heterocycles. The Morgan fingerprint density at radius 3 is 3.13 bits per heavy atom. The predicted molar refractivity (Wildman–Crippen MR) is 59.4 cm³/mol. The van der Waals surface area contributed by atoms with Gasteiger partial charge in [-0.05, 0) is 29.1 Å². The number of aromatic nitrogens is 1. The van der Waals surface area contributed by atoms with Crippen LogP contribution in [0.25, 0.3) is 0 Å². The van der Waals surface area contributed by atoms with E-state index in [4.69, 9.17) is 0 Å². The lowest BCUT2D eigenvalue weighted by molar-refractivity contribution is -0.116. The minimum absolute atomic E-state index is 0.125. The van der Waals surface area contributed by atoms with Crippen LogP contribution in [0.3, 0.4) is 0 Å². The number of carbonyl (C=O) groups excluding carboxylic acids is 1. The number of carbonyl (C=O) groups is 1. The van der Waals surface area contributed by atoms with Crippen molar-refractivity contribution in [2.75, 3.05) is 4.90 Å². The standard InChI is InChI=1S/C11H8N2OS/c14-10-6-8-3-4-12-7-9(8)13(10)11-2-1-5-15-11/h1-5,7H,6H2. The highest BCUT2D eigenvalue weighted by Gasteiger charge is 2.28. The molecular weight excluding hydrogens is 208 g/mol. The summed E-state index contributed by atoms with van der Waals surface area (Å²) in [6.07, 6.45) is 3.96. The Hall–Kier alpha value is -1.68. The zero-order valence-electron chi connectivity index (χ0n) is 7.88. The van der Waals surface area contributed by atoms with E-state index in [9.17, 15) is 4.79 Å². The van der Waals surface area contributed by atoms with Crippen molar-refractivity contribution in [3.8, 4) is 0 Å². The zero-order chi connectivity index (χ0) is 10.3. The summed E-state index contributed by atoms with van der Waals surface area (Å²) in [5.74, 6) is 0.125. The molecule has 3 rings (SSSR count). The monoisotopic (exact) mass is 216 g/mol. The molecule has 0 N–H and O–H groups in total. The number of nitrogens with zero attached hydrogens (tertiary/aromatic N) is 2. The van der Waals surface area contributed by atoms with Crippen LogP contribution in [0, 0.1) is 0 Å². The Balaban J connectivity index is 2.14. The first-order valence-corrected chi connectivity index (χ1v) is 5.53. The van der Waals surface area contributed by atoms with Gasteiger partial charge in [-0.1, -0.05) is 0 Å². The second-order valence-electron chi connectivity index (χ2n) is 3.36. The van der Waals surface area contributed by atoms with Crippen LogP contribution in [0.1, 0.15) is 5.56 Å². The van der Waals surface area contributed by atoms with Crippen molar-refractivity contribution in [1.29, 1.82) is 0 Å². The fourth-order valence-electron chi connectivity index (χ4n) is 1.78. The summed E-state index contributed by atoms with van der Waals surface area (Å²) in [6.45, 7) is 0. The van der Waals surface area contributed by atoms with Crippen LogP contribution in [0.5, 0.6) is 0 Å². The third-order valence-corrected chi connectivity index (χ3v) is 3.30. The van der Waals surface area contributed by atoms with E-state index in [1.165, 1.54) is 0 Å². The summed E-state index contributed by atoms with van der Waals surface area (Å²) in [5.41, 5.74) is 1.98. The maximum atomic E-state index is 11.8. The van der Waals surface area contributed by atoms with E-state index in [-0.39, 0.29) is 5.91 Å². The smallest absolute Gasteiger partial charge is 0.236 e. The molecule has 3 heterocycles. The first-order chi connectivity index (χ1) is 7.36. The summed E-state index contributed by atoms with van der Waals surface area (Å²) in [7, 11) is 0. The molecule has 0 unspecified atom stereocenters. The highest BCUT2D eigenvalue weighted by molar-refractivity contribution is 7.14. The van der Waals surface area contributed by atoms with Crippen molar-refractivity contribution >= 4 is 27.9 Å². The Bertz CT molecular complexity index is 507. The van der Waals surface area contributed by atoms with E-state index in [0.29, 0.717) is 6.42 Å². The number of rotatable bonds is 1. The van der Waals surface area contributed by atoms with Crippen molar-refractivity contribution in [2.24, 2.45) is 0 Å². The molecule has 1 amide bonds. The average Bonchev–Trinajstić information content (AvgIpc) is 2.82. The Morgan fingerprint density at radius 2 is 2.33 bits per heavy atom. The average molecular weight is 216 g/mol. The lowest BCUT2D eigenvalue weighted by Gasteiger charge is -2.13. The van der Waals surface area contributed by atoms with E-state index < -0.39 is 0 Å². The fourth-order valence-corrected chi connectivity index (χ4v) is 2.54. The molecule has 0 spiro atoms. The number of hydrogen-bond donors (Lipinski definition) is 0. The van der Waals surface area contributed by atoms with Crippen LogP contribution >= 0.6 is 11.3 Å². The molecule has 74 valence electrons. The minimum Gasteiger partial charge on any atom is -0.274 e. The van der Waals surface area contributed by atoms with Gasteiger partial charge < -0.3 is 0 Å². The molecule has 0 bridgehead atoms. The van der Waals surface area contributed by atoms with Gasteiger partial charge in [0.05, 0.1) is 18.3 Å². The summed E-state index contributed by atoms with van der Waals surface area (Å²) in [4.78, 5) is 17.6. The van der Waals surface area contributed by atoms with Crippen LogP contribution in [0.2, 0.25) is 0 Å². The quantitative estimate of drug-likeness (QED) is 0.733. The zero-order valence-corrected chi connectivity index (χ0v) is 8.70. The van der Waals surface area contributed by atoms with E-state index >= 15 is 0 Å². The largest absolute Gasteiger partial charge is 0.274 e. The van der Waals surface area contributed by atoms with Gasteiger partial charge in [-0.3, -0.25) is 14.7 Å². The molecule has 0 radical (unpaired) electrons. The second kappa shape index (κ2) is 3.17. The normalized spacial score (nSPS) is 14.4. The molecule has 0 fully saturated rings. The lowest BCUT2D eigenvalue weighted by atomic mass is 10.2. The van der Waals surface area contributed by atoms with Crippen LogP contribution in [-0.2, 0) is 11.2 Å². The highest BCUT2D eigenvalue weighted by atomic mass is 32.1. The van der Waals surface area contributed by atoms with E-state index in [1.54, 1.807) is 28.6 Å². The van der Waals surface area contributed by atoms with E-state index in [1.807, 2.05) is 23.6 Å². The summed E-state index contributed by atoms with van der Waals surface area (Å²) < 4.78 is 0. The Morgan fingerprint density at radius 1 is 1.40 bits per heavy atom. The Kier molecular flexibility index (Phi) is 1.82. The highest BCUT2D eigenvalue weighted by Crippen LogP contribution is 2.36. The van der Waals surface area contributed by atoms with Gasteiger partial charge in [0.2, 0.25) is 5.91 Å². The maximum Gasteiger partial charge on any atom is 0.236 e. The van der Waals surface area contributed by atoms with Gasteiger partial charge in [0.25, 0.3) is 0 Å². The lowest BCUT2D eigenvalue weighted by Crippen LogP contribution is -2.19. The third-order valence-electron chi connectivity index (χ3n) is 2.45. The van der Waals surface area contributed by atoms with Crippen LogP contribution < -0.4 is 4.90 Å². The number of anilines is 2. The molecule has 4 heteroatoms. The predicted octanol–water partition coefficient (Wildman–Crippen LogP) is 2.36. The van der Waals surface area contributed by atoms with Gasteiger partial charge in [-0.2, -0.15) is 0 Å². The number of fused-ring (bicyclic) bond motifs is 1. The third kappa shape index (κ3) is 1.26. The van der Waals surface area contributed by atoms with Gasteiger partial charge in [-0.15, -0.1) is 11.3 Å². The van der Waals surface area contributed by atoms with Crippen molar-refractivity contribution < 1.29 is 4.79 Å². The SMILES string of the molecule is O=C1Cc2ccncc2N1c1cccs1. The number of pyridine rings is 1. The number of hydrogen-bond acceptors (Lipinski definition) is 3. The number of amides is 1. The molecule has 15 heavy (non-hydrogen) atoms. The Labute approximate surface area is 91.0 Å². The fraction of sp³-hybridized carbons (Fsp3) is 0.0909. The molecule has 0 saturated carbocycles. The van der Waals surface area contributed by atoms with Crippen LogP contribution in [0.4, 0.5) is 10.7 Å². The van der Waals surface area contributed by atoms with Crippen molar-refractivity contribution in [3.63, 3.8) is 0 Å². The minimum atomic E-state index is 0.125. The van der Waals surface area contributed by atoms with Gasteiger partial charge in [0, 0.05) is 6.20 Å². The van der Waals surface area contributed by atoms with Gasteiger partial charge in [0.1, 0.15) is 5.00 Å². The van der Waals surface area contributed by atoms with E-state index in [2.05, 4.69) is 4.98 Å². The molecular formula is C11H8N2OS. The molecule has 0 aromatic carbocycles. The first-order valence-electron chi connectivity index (χ1n) is 4.65. The molecule has 2 aromatic rings. The van der Waals surface area contributed by atoms with Crippen molar-refractivity contribution in [2.45, 2.75) is 6.42 Å². The molecule has 0 saturated heterocycles. The van der Waals surface area contributed by atoms with E-state index in [0.717, 1.165) is 16.3 Å². The van der Waals surface area contributed by atoms with Crippen LogP contribution in [0.15, 0.2) is 36.0 Å². The van der Waals surface area contributed by atoms with Gasteiger partial charge >= 0.3 is 0 Å². The van der Waals surface area contributed by atoms with Gasteiger partial charge in [0.15, 0.2) is 0 Å². The van der Waals surface area contributed by atoms with Gasteiger partial charge in [-0.25, -0.2) is 0 Å². The molecule has 0 aliphatic carbocycles. The summed E-state index contributed by atoms with van der Waals surface area (Å²) >= 11 is 1.56. The molecule has 0 atom stereocenters. The van der Waals surface area contributed by atoms with Crippen LogP contribution in [-0.4, -0.2) is 10.9 Å². The number of thiophene rings is 1. The second-order valence-corrected chi connectivity index (χ2v) is 4.29. The summed E-state index contributed by atoms with van der Waals surface area (Å²) in [5, 5.41) is 2.93. The molecule has 2 aromatic heterocycles. The molecule has 1 aliphatic rings. The summed E-state index contributed by atoms with van der Waals surface area (Å²) in [6, 6.07) is 5.80. The van der Waals surface area contributed by atoms with Crippen molar-refractivity contribution in [1.82, 2.24) is 4.98 Å². The topological polar surface area (TPSA) is 33.2 Å². The maximum absolute atomic E-state index is 11.8.